The second-order valence-electron chi connectivity index (χ2n) is 7.26. The van der Waals surface area contributed by atoms with Gasteiger partial charge in [0.15, 0.2) is 0 Å². The van der Waals surface area contributed by atoms with Crippen molar-refractivity contribution in [1.82, 2.24) is 9.88 Å². The van der Waals surface area contributed by atoms with E-state index in [1.54, 1.807) is 0 Å². The molecule has 5 rings (SSSR count). The minimum Gasteiger partial charge on any atom is -0.350 e. The second-order valence-corrected chi connectivity index (χ2v) is 7.67. The molecule has 1 fully saturated rings. The predicted molar refractivity (Wildman–Crippen MR) is 105 cm³/mol. The number of rotatable bonds is 1. The standard InChI is InChI=1S/C21H18ClN3O2/c22-15-5-3-7-16-13(15)12-18(23-16)19(26)25-10-8-21(9-11-25)14-4-1-2-6-17(14)24-20(21)27/h1-7,12,23H,8-11H2,(H,24,27). The average Bonchev–Trinajstić information content (AvgIpc) is 3.23. The van der Waals surface area contributed by atoms with Crippen LogP contribution in [0.5, 0.6) is 0 Å². The third-order valence-electron chi connectivity index (χ3n) is 5.87. The first kappa shape index (κ1) is 16.4. The first-order valence-electron chi connectivity index (χ1n) is 9.06. The molecule has 0 unspecified atom stereocenters. The summed E-state index contributed by atoms with van der Waals surface area (Å²) in [6, 6.07) is 15.2. The largest absolute Gasteiger partial charge is 0.350 e. The van der Waals surface area contributed by atoms with Crippen LogP contribution in [0.1, 0.15) is 28.9 Å². The van der Waals surface area contributed by atoms with Gasteiger partial charge in [-0.25, -0.2) is 0 Å². The summed E-state index contributed by atoms with van der Waals surface area (Å²) in [5.74, 6) is -0.00278. The molecule has 136 valence electrons. The monoisotopic (exact) mass is 379 g/mol. The molecule has 2 amide bonds. The number of aromatic amines is 1. The van der Waals surface area contributed by atoms with Gasteiger partial charge in [-0.05, 0) is 42.7 Å². The molecule has 0 radical (unpaired) electrons. The lowest BCUT2D eigenvalue weighted by Crippen LogP contribution is -2.48. The number of piperidine rings is 1. The fraction of sp³-hybridized carbons (Fsp3) is 0.238. The lowest BCUT2D eigenvalue weighted by molar-refractivity contribution is -0.122. The van der Waals surface area contributed by atoms with E-state index < -0.39 is 5.41 Å². The summed E-state index contributed by atoms with van der Waals surface area (Å²) in [7, 11) is 0. The number of anilines is 1. The van der Waals surface area contributed by atoms with Gasteiger partial charge >= 0.3 is 0 Å². The number of benzene rings is 2. The Hall–Kier alpha value is -2.79. The number of H-pyrrole nitrogens is 1. The molecule has 1 aromatic heterocycles. The normalized spacial score (nSPS) is 18.0. The van der Waals surface area contributed by atoms with E-state index in [0.29, 0.717) is 36.6 Å². The lowest BCUT2D eigenvalue weighted by Gasteiger charge is -2.37. The van der Waals surface area contributed by atoms with Crippen LogP contribution in [0.2, 0.25) is 5.02 Å². The fourth-order valence-corrected chi connectivity index (χ4v) is 4.59. The van der Waals surface area contributed by atoms with Gasteiger partial charge in [0.05, 0.1) is 5.41 Å². The SMILES string of the molecule is O=C(c1cc2c(Cl)cccc2[nH]1)N1CCC2(CC1)C(=O)Nc1ccccc12. The number of carbonyl (C=O) groups excluding carboxylic acids is 2. The summed E-state index contributed by atoms with van der Waals surface area (Å²) in [5, 5.41) is 4.47. The van der Waals surface area contributed by atoms with E-state index in [9.17, 15) is 9.59 Å². The maximum absolute atomic E-state index is 13.0. The van der Waals surface area contributed by atoms with Crippen molar-refractivity contribution in [3.8, 4) is 0 Å². The molecule has 3 heterocycles. The number of nitrogens with zero attached hydrogens (tertiary/aromatic N) is 1. The molecule has 2 aromatic carbocycles. The van der Waals surface area contributed by atoms with Crippen molar-refractivity contribution in [3.05, 3.63) is 64.8 Å². The van der Waals surface area contributed by atoms with Crippen LogP contribution in [0.4, 0.5) is 5.69 Å². The third-order valence-corrected chi connectivity index (χ3v) is 6.20. The van der Waals surface area contributed by atoms with Crippen molar-refractivity contribution in [2.75, 3.05) is 18.4 Å². The molecule has 0 atom stereocenters. The summed E-state index contributed by atoms with van der Waals surface area (Å²) >= 11 is 6.22. The van der Waals surface area contributed by atoms with Crippen LogP contribution in [0.15, 0.2) is 48.5 Å². The quantitative estimate of drug-likeness (QED) is 0.672. The van der Waals surface area contributed by atoms with Gasteiger partial charge in [0.1, 0.15) is 5.69 Å². The molecular formula is C21H18ClN3O2. The van der Waals surface area contributed by atoms with Crippen molar-refractivity contribution >= 4 is 40.0 Å². The van der Waals surface area contributed by atoms with Crippen LogP contribution in [-0.2, 0) is 10.2 Å². The molecular weight excluding hydrogens is 362 g/mol. The summed E-state index contributed by atoms with van der Waals surface area (Å²) in [6.45, 7) is 1.09. The van der Waals surface area contributed by atoms with Crippen LogP contribution < -0.4 is 5.32 Å². The molecule has 2 aliphatic rings. The number of halogens is 1. The van der Waals surface area contributed by atoms with E-state index in [-0.39, 0.29) is 11.8 Å². The number of hydrogen-bond donors (Lipinski definition) is 2. The zero-order valence-electron chi connectivity index (χ0n) is 14.6. The molecule has 3 aromatic rings. The third kappa shape index (κ3) is 2.38. The van der Waals surface area contributed by atoms with Crippen LogP contribution >= 0.6 is 11.6 Å². The summed E-state index contributed by atoms with van der Waals surface area (Å²) < 4.78 is 0. The zero-order chi connectivity index (χ0) is 18.6. The van der Waals surface area contributed by atoms with Crippen LogP contribution in [-0.4, -0.2) is 34.8 Å². The van der Waals surface area contributed by atoms with E-state index >= 15 is 0 Å². The van der Waals surface area contributed by atoms with Gasteiger partial charge in [0.25, 0.3) is 5.91 Å². The molecule has 0 saturated carbocycles. The van der Waals surface area contributed by atoms with Crippen molar-refractivity contribution in [1.29, 1.82) is 0 Å². The van der Waals surface area contributed by atoms with E-state index in [0.717, 1.165) is 22.2 Å². The smallest absolute Gasteiger partial charge is 0.270 e. The lowest BCUT2D eigenvalue weighted by atomic mass is 9.73. The minimum absolute atomic E-state index is 0.0493. The fourth-order valence-electron chi connectivity index (χ4n) is 4.37. The molecule has 6 heteroatoms. The Bertz CT molecular complexity index is 1080. The number of aromatic nitrogens is 1. The van der Waals surface area contributed by atoms with Crippen molar-refractivity contribution in [3.63, 3.8) is 0 Å². The highest BCUT2D eigenvalue weighted by Crippen LogP contribution is 2.44. The highest BCUT2D eigenvalue weighted by molar-refractivity contribution is 6.35. The van der Waals surface area contributed by atoms with Crippen molar-refractivity contribution < 1.29 is 9.59 Å². The number of para-hydroxylation sites is 1. The maximum atomic E-state index is 13.0. The molecule has 0 aliphatic carbocycles. The number of hydrogen-bond acceptors (Lipinski definition) is 2. The molecule has 2 aliphatic heterocycles. The molecule has 2 N–H and O–H groups in total. The minimum atomic E-state index is -0.517. The summed E-state index contributed by atoms with van der Waals surface area (Å²) in [6.07, 6.45) is 1.26. The highest BCUT2D eigenvalue weighted by Gasteiger charge is 2.48. The molecule has 0 bridgehead atoms. The van der Waals surface area contributed by atoms with Crippen LogP contribution in [0.3, 0.4) is 0 Å². The van der Waals surface area contributed by atoms with E-state index in [2.05, 4.69) is 10.3 Å². The zero-order valence-corrected chi connectivity index (χ0v) is 15.3. The molecule has 1 spiro atoms. The van der Waals surface area contributed by atoms with E-state index in [1.165, 1.54) is 0 Å². The number of likely N-dealkylation sites (tertiary alicyclic amines) is 1. The number of carbonyl (C=O) groups is 2. The molecule has 27 heavy (non-hydrogen) atoms. The summed E-state index contributed by atoms with van der Waals surface area (Å²) in [5.41, 5.74) is 2.82. The van der Waals surface area contributed by atoms with Gasteiger partial charge in [-0.3, -0.25) is 9.59 Å². The van der Waals surface area contributed by atoms with Crippen LogP contribution in [0.25, 0.3) is 10.9 Å². The summed E-state index contributed by atoms with van der Waals surface area (Å²) in [4.78, 5) is 30.6. The van der Waals surface area contributed by atoms with Gasteiger partial charge in [-0.2, -0.15) is 0 Å². The van der Waals surface area contributed by atoms with Gasteiger partial charge in [-0.1, -0.05) is 35.9 Å². The maximum Gasteiger partial charge on any atom is 0.270 e. The highest BCUT2D eigenvalue weighted by atomic mass is 35.5. The van der Waals surface area contributed by atoms with Gasteiger partial charge in [0.2, 0.25) is 5.91 Å². The van der Waals surface area contributed by atoms with Gasteiger partial charge in [-0.15, -0.1) is 0 Å². The van der Waals surface area contributed by atoms with Gasteiger partial charge in [0, 0.05) is 34.7 Å². The second kappa shape index (κ2) is 5.86. The average molecular weight is 380 g/mol. The van der Waals surface area contributed by atoms with E-state index in [4.69, 9.17) is 11.6 Å². The van der Waals surface area contributed by atoms with Crippen molar-refractivity contribution in [2.45, 2.75) is 18.3 Å². The number of nitrogens with one attached hydrogen (secondary N) is 2. The first-order valence-corrected chi connectivity index (χ1v) is 9.44. The Labute approximate surface area is 161 Å². The van der Waals surface area contributed by atoms with Gasteiger partial charge < -0.3 is 15.2 Å². The number of amides is 2. The first-order chi connectivity index (χ1) is 13.1. The van der Waals surface area contributed by atoms with Crippen LogP contribution in [0, 0.1) is 0 Å². The Balaban J connectivity index is 1.39. The Morgan fingerprint density at radius 3 is 2.63 bits per heavy atom. The van der Waals surface area contributed by atoms with E-state index in [1.807, 2.05) is 53.4 Å². The Morgan fingerprint density at radius 2 is 1.85 bits per heavy atom. The molecule has 5 nitrogen and oxygen atoms in total. The predicted octanol–water partition coefficient (Wildman–Crippen LogP) is 3.95. The topological polar surface area (TPSA) is 65.2 Å². The Morgan fingerprint density at radius 1 is 1.07 bits per heavy atom. The Kier molecular flexibility index (Phi) is 3.56. The van der Waals surface area contributed by atoms with Crippen molar-refractivity contribution in [2.24, 2.45) is 0 Å². The number of fused-ring (bicyclic) bond motifs is 3. The molecule has 1 saturated heterocycles.